The van der Waals surface area contributed by atoms with Crippen LogP contribution in [-0.2, 0) is 0 Å². The maximum atomic E-state index is 12.6. The number of nitrogen functional groups attached to an aromatic ring is 1. The third-order valence-corrected chi connectivity index (χ3v) is 3.97. The smallest absolute Gasteiger partial charge is 0.259 e. The molecule has 0 atom stereocenters. The Balaban J connectivity index is 2.13. The molecule has 0 aliphatic carbocycles. The van der Waals surface area contributed by atoms with Gasteiger partial charge in [0.25, 0.3) is 5.91 Å². The first-order chi connectivity index (χ1) is 9.54. The van der Waals surface area contributed by atoms with Crippen LogP contribution in [0.25, 0.3) is 0 Å². The van der Waals surface area contributed by atoms with E-state index in [-0.39, 0.29) is 5.91 Å². The third-order valence-electron chi connectivity index (χ3n) is 3.97. The lowest BCUT2D eigenvalue weighted by atomic mass is 10.0. The molecule has 1 aromatic rings. The average Bonchev–Trinajstić information content (AvgIpc) is 2.46. The quantitative estimate of drug-likeness (QED) is 0.849. The fourth-order valence-electron chi connectivity index (χ4n) is 2.69. The van der Waals surface area contributed by atoms with E-state index in [1.165, 1.54) is 0 Å². The summed E-state index contributed by atoms with van der Waals surface area (Å²) in [5.41, 5.74) is 6.90. The van der Waals surface area contributed by atoms with Crippen LogP contribution in [0.3, 0.4) is 0 Å². The highest BCUT2D eigenvalue weighted by Gasteiger charge is 2.27. The van der Waals surface area contributed by atoms with Crippen LogP contribution >= 0.6 is 0 Å². The van der Waals surface area contributed by atoms with Gasteiger partial charge in [-0.3, -0.25) is 4.79 Å². The molecule has 1 amide bonds. The van der Waals surface area contributed by atoms with Gasteiger partial charge in [0.15, 0.2) is 0 Å². The van der Waals surface area contributed by atoms with E-state index >= 15 is 0 Å². The number of carbonyl (C=O) groups excluding carboxylic acids is 1. The normalized spacial score (nSPS) is 16.5. The molecule has 110 valence electrons. The topological polar surface area (TPSA) is 58.8 Å². The van der Waals surface area contributed by atoms with Crippen LogP contribution in [0.1, 0.15) is 23.2 Å². The van der Waals surface area contributed by atoms with E-state index in [2.05, 4.69) is 19.0 Å². The Morgan fingerprint density at radius 3 is 2.55 bits per heavy atom. The molecule has 0 bridgehead atoms. The van der Waals surface area contributed by atoms with Gasteiger partial charge in [-0.1, -0.05) is 6.07 Å². The summed E-state index contributed by atoms with van der Waals surface area (Å²) in [6, 6.07) is 5.86. The van der Waals surface area contributed by atoms with Crippen LogP contribution in [0.15, 0.2) is 18.2 Å². The Labute approximate surface area is 120 Å². The van der Waals surface area contributed by atoms with E-state index < -0.39 is 0 Å². The number of rotatable bonds is 3. The van der Waals surface area contributed by atoms with Gasteiger partial charge in [0.2, 0.25) is 0 Å². The lowest BCUT2D eigenvalue weighted by Gasteiger charge is -2.35. The van der Waals surface area contributed by atoms with Crippen molar-refractivity contribution in [1.29, 1.82) is 0 Å². The predicted molar refractivity (Wildman–Crippen MR) is 80.0 cm³/mol. The van der Waals surface area contributed by atoms with Crippen LogP contribution in [-0.4, -0.2) is 56.0 Å². The van der Waals surface area contributed by atoms with E-state index in [0.29, 0.717) is 23.0 Å². The molecule has 5 heteroatoms. The van der Waals surface area contributed by atoms with Gasteiger partial charge in [0, 0.05) is 24.8 Å². The number of piperidine rings is 1. The van der Waals surface area contributed by atoms with Gasteiger partial charge in [-0.15, -0.1) is 0 Å². The Kier molecular flexibility index (Phi) is 4.49. The van der Waals surface area contributed by atoms with Crippen molar-refractivity contribution in [3.63, 3.8) is 0 Å². The van der Waals surface area contributed by atoms with E-state index in [9.17, 15) is 4.79 Å². The molecule has 2 N–H and O–H groups in total. The second kappa shape index (κ2) is 6.13. The second-order valence-corrected chi connectivity index (χ2v) is 5.41. The summed E-state index contributed by atoms with van der Waals surface area (Å²) in [6.45, 7) is 1.53. The van der Waals surface area contributed by atoms with Crippen molar-refractivity contribution in [2.75, 3.05) is 40.0 Å². The van der Waals surface area contributed by atoms with Gasteiger partial charge < -0.3 is 20.3 Å². The molecule has 1 aromatic carbocycles. The number of carbonyl (C=O) groups is 1. The second-order valence-electron chi connectivity index (χ2n) is 5.41. The number of nitrogens with zero attached hydrogens (tertiary/aromatic N) is 2. The number of likely N-dealkylation sites (tertiary alicyclic amines) is 1. The first-order valence-electron chi connectivity index (χ1n) is 6.92. The fraction of sp³-hybridized carbons (Fsp3) is 0.533. The highest BCUT2D eigenvalue weighted by molar-refractivity contribution is 6.01. The van der Waals surface area contributed by atoms with Crippen LogP contribution < -0.4 is 10.5 Å². The summed E-state index contributed by atoms with van der Waals surface area (Å²) in [5, 5.41) is 0. The Bertz CT molecular complexity index is 480. The zero-order chi connectivity index (χ0) is 14.7. The summed E-state index contributed by atoms with van der Waals surface area (Å²) in [7, 11) is 5.73. The van der Waals surface area contributed by atoms with Crippen molar-refractivity contribution >= 4 is 11.6 Å². The Morgan fingerprint density at radius 1 is 1.35 bits per heavy atom. The molecule has 1 fully saturated rings. The largest absolute Gasteiger partial charge is 0.496 e. The van der Waals surface area contributed by atoms with Crippen molar-refractivity contribution in [3.8, 4) is 5.75 Å². The summed E-state index contributed by atoms with van der Waals surface area (Å²) in [6.07, 6.45) is 1.99. The zero-order valence-electron chi connectivity index (χ0n) is 12.4. The molecule has 20 heavy (non-hydrogen) atoms. The van der Waals surface area contributed by atoms with Gasteiger partial charge in [0.05, 0.1) is 7.11 Å². The first-order valence-corrected chi connectivity index (χ1v) is 6.92. The van der Waals surface area contributed by atoms with E-state index in [0.717, 1.165) is 25.9 Å². The SMILES string of the molecule is COc1cccc(N)c1C(=O)N1CCC(N(C)C)CC1. The van der Waals surface area contributed by atoms with Crippen LogP contribution in [0, 0.1) is 0 Å². The monoisotopic (exact) mass is 277 g/mol. The molecule has 0 saturated carbocycles. The predicted octanol–water partition coefficient (Wildman–Crippen LogP) is 1.44. The minimum Gasteiger partial charge on any atom is -0.496 e. The molecule has 0 spiro atoms. The molecule has 5 nitrogen and oxygen atoms in total. The summed E-state index contributed by atoms with van der Waals surface area (Å²) in [5.74, 6) is 0.516. The Morgan fingerprint density at radius 2 is 2.00 bits per heavy atom. The number of benzene rings is 1. The van der Waals surface area contributed by atoms with E-state index in [4.69, 9.17) is 10.5 Å². The van der Waals surface area contributed by atoms with Crippen molar-refractivity contribution in [1.82, 2.24) is 9.80 Å². The molecule has 2 rings (SSSR count). The number of hydrogen-bond acceptors (Lipinski definition) is 4. The minimum absolute atomic E-state index is 0.0304. The molecular formula is C15H23N3O2. The van der Waals surface area contributed by atoms with Gasteiger partial charge in [-0.2, -0.15) is 0 Å². The lowest BCUT2D eigenvalue weighted by Crippen LogP contribution is -2.44. The number of hydrogen-bond donors (Lipinski definition) is 1. The van der Waals surface area contributed by atoms with Crippen LogP contribution in [0.5, 0.6) is 5.75 Å². The highest BCUT2D eigenvalue weighted by Crippen LogP contribution is 2.27. The highest BCUT2D eigenvalue weighted by atomic mass is 16.5. The molecule has 0 aromatic heterocycles. The molecular weight excluding hydrogens is 254 g/mol. The van der Waals surface area contributed by atoms with E-state index in [1.54, 1.807) is 25.3 Å². The van der Waals surface area contributed by atoms with Gasteiger partial charge >= 0.3 is 0 Å². The Hall–Kier alpha value is -1.75. The molecule has 1 aliphatic rings. The molecule has 0 unspecified atom stereocenters. The number of nitrogens with two attached hydrogens (primary N) is 1. The van der Waals surface area contributed by atoms with Gasteiger partial charge in [-0.25, -0.2) is 0 Å². The summed E-state index contributed by atoms with van der Waals surface area (Å²) in [4.78, 5) is 16.7. The molecule has 1 saturated heterocycles. The van der Waals surface area contributed by atoms with Crippen LogP contribution in [0.2, 0.25) is 0 Å². The third kappa shape index (κ3) is 2.88. The average molecular weight is 277 g/mol. The molecule has 1 heterocycles. The van der Waals surface area contributed by atoms with Crippen molar-refractivity contribution < 1.29 is 9.53 Å². The maximum Gasteiger partial charge on any atom is 0.259 e. The maximum absolute atomic E-state index is 12.6. The molecule has 0 radical (unpaired) electrons. The number of amides is 1. The standard InChI is InChI=1S/C15H23N3O2/c1-17(2)11-7-9-18(10-8-11)15(19)14-12(16)5-4-6-13(14)20-3/h4-6,11H,7-10,16H2,1-3H3. The summed E-state index contributed by atoms with van der Waals surface area (Å²) >= 11 is 0. The zero-order valence-corrected chi connectivity index (χ0v) is 12.4. The van der Waals surface area contributed by atoms with Gasteiger partial charge in [0.1, 0.15) is 11.3 Å². The summed E-state index contributed by atoms with van der Waals surface area (Å²) < 4.78 is 5.26. The fourth-order valence-corrected chi connectivity index (χ4v) is 2.69. The molecule has 1 aliphatic heterocycles. The van der Waals surface area contributed by atoms with Crippen molar-refractivity contribution in [2.45, 2.75) is 18.9 Å². The van der Waals surface area contributed by atoms with Crippen molar-refractivity contribution in [2.24, 2.45) is 0 Å². The van der Waals surface area contributed by atoms with Gasteiger partial charge in [-0.05, 0) is 39.1 Å². The number of methoxy groups -OCH3 is 1. The minimum atomic E-state index is -0.0304. The first kappa shape index (κ1) is 14.7. The van der Waals surface area contributed by atoms with Crippen molar-refractivity contribution in [3.05, 3.63) is 23.8 Å². The lowest BCUT2D eigenvalue weighted by molar-refractivity contribution is 0.0661. The van der Waals surface area contributed by atoms with Crippen LogP contribution in [0.4, 0.5) is 5.69 Å². The van der Waals surface area contributed by atoms with E-state index in [1.807, 2.05) is 4.90 Å². The number of ether oxygens (including phenoxy) is 1. The number of anilines is 1.